The van der Waals surface area contributed by atoms with Crippen molar-refractivity contribution >= 4 is 35.5 Å². The second-order valence-electron chi connectivity index (χ2n) is 8.57. The van der Waals surface area contributed by atoms with Crippen LogP contribution in [-0.4, -0.2) is 76.2 Å². The average molecular weight is 511 g/mol. The number of thioether (sulfide) groups is 1. The van der Waals surface area contributed by atoms with Crippen LogP contribution in [-0.2, 0) is 25.6 Å². The molecule has 196 valence electrons. The first-order chi connectivity index (χ1) is 16.5. The molecule has 3 amide bonds. The lowest BCUT2D eigenvalue weighted by molar-refractivity contribution is -0.143. The zero-order valence-electron chi connectivity index (χ0n) is 20.7. The van der Waals surface area contributed by atoms with Crippen LogP contribution in [0, 0.1) is 5.92 Å². The summed E-state index contributed by atoms with van der Waals surface area (Å²) in [7, 11) is 0. The maximum absolute atomic E-state index is 13.2. The second kappa shape index (κ2) is 15.4. The predicted molar refractivity (Wildman–Crippen MR) is 136 cm³/mol. The van der Waals surface area contributed by atoms with Gasteiger partial charge in [0.1, 0.15) is 24.2 Å². The van der Waals surface area contributed by atoms with E-state index in [1.54, 1.807) is 31.2 Å². The molecule has 0 aromatic heterocycles. The van der Waals surface area contributed by atoms with Crippen molar-refractivity contribution in [3.63, 3.8) is 0 Å². The van der Waals surface area contributed by atoms with Gasteiger partial charge in [0.05, 0.1) is 6.10 Å². The van der Waals surface area contributed by atoms with E-state index in [2.05, 4.69) is 16.0 Å². The van der Waals surface area contributed by atoms with Crippen molar-refractivity contribution in [1.29, 1.82) is 0 Å². The standard InChI is InChI=1S/C24H38N4O6S/c1-5-14(2)20(24(33)34)28-22(31)18(13-16-9-7-6-8-10-16)27-21(30)17(11-12-35-4)26-23(32)19(25)15(3)29/h6-10,14-15,17-20,29H,5,11-13,25H2,1-4H3,(H,26,32)(H,27,30)(H,28,31)(H,33,34). The maximum atomic E-state index is 13.2. The molecule has 0 radical (unpaired) electrons. The molecule has 35 heavy (non-hydrogen) atoms. The van der Waals surface area contributed by atoms with Crippen molar-refractivity contribution in [2.75, 3.05) is 12.0 Å². The largest absolute Gasteiger partial charge is 0.480 e. The lowest BCUT2D eigenvalue weighted by atomic mass is 9.98. The van der Waals surface area contributed by atoms with E-state index in [4.69, 9.17) is 5.73 Å². The van der Waals surface area contributed by atoms with Gasteiger partial charge in [0.15, 0.2) is 0 Å². The molecule has 1 rings (SSSR count). The first kappa shape index (κ1) is 30.4. The summed E-state index contributed by atoms with van der Waals surface area (Å²) < 4.78 is 0. The first-order valence-corrected chi connectivity index (χ1v) is 13.0. The van der Waals surface area contributed by atoms with Gasteiger partial charge in [0.2, 0.25) is 17.7 Å². The Labute approximate surface area is 210 Å². The zero-order valence-corrected chi connectivity index (χ0v) is 21.5. The van der Waals surface area contributed by atoms with E-state index >= 15 is 0 Å². The second-order valence-corrected chi connectivity index (χ2v) is 9.56. The molecule has 0 heterocycles. The minimum absolute atomic E-state index is 0.127. The maximum Gasteiger partial charge on any atom is 0.326 e. The molecule has 6 unspecified atom stereocenters. The monoisotopic (exact) mass is 510 g/mol. The van der Waals surface area contributed by atoms with Crippen LogP contribution < -0.4 is 21.7 Å². The minimum atomic E-state index is -1.21. The molecule has 0 aliphatic rings. The molecule has 11 heteroatoms. The Morgan fingerprint density at radius 3 is 2.06 bits per heavy atom. The van der Waals surface area contributed by atoms with Gasteiger partial charge < -0.3 is 31.9 Å². The third-order valence-electron chi connectivity index (χ3n) is 5.76. The number of hydrogen-bond donors (Lipinski definition) is 6. The van der Waals surface area contributed by atoms with Crippen LogP contribution in [0.25, 0.3) is 0 Å². The van der Waals surface area contributed by atoms with Crippen molar-refractivity contribution in [3.05, 3.63) is 35.9 Å². The summed E-state index contributed by atoms with van der Waals surface area (Å²) in [6.07, 6.45) is 1.69. The van der Waals surface area contributed by atoms with Gasteiger partial charge in [-0.3, -0.25) is 14.4 Å². The lowest BCUT2D eigenvalue weighted by Gasteiger charge is -2.27. The number of aliphatic hydroxyl groups is 1. The Hall–Kier alpha value is -2.63. The van der Waals surface area contributed by atoms with Gasteiger partial charge in [-0.25, -0.2) is 4.79 Å². The number of carboxylic acids is 1. The van der Waals surface area contributed by atoms with Crippen LogP contribution >= 0.6 is 11.8 Å². The van der Waals surface area contributed by atoms with Crippen LogP contribution in [0.1, 0.15) is 39.2 Å². The van der Waals surface area contributed by atoms with Gasteiger partial charge in [0, 0.05) is 6.42 Å². The van der Waals surface area contributed by atoms with E-state index in [9.17, 15) is 29.4 Å². The van der Waals surface area contributed by atoms with Crippen LogP contribution in [0.4, 0.5) is 0 Å². The highest BCUT2D eigenvalue weighted by molar-refractivity contribution is 7.98. The highest BCUT2D eigenvalue weighted by Gasteiger charge is 2.32. The number of hydrogen-bond acceptors (Lipinski definition) is 7. The third-order valence-corrected chi connectivity index (χ3v) is 6.40. The van der Waals surface area contributed by atoms with Crippen molar-refractivity contribution < 1.29 is 29.4 Å². The summed E-state index contributed by atoms with van der Waals surface area (Å²) >= 11 is 1.48. The predicted octanol–water partition coefficient (Wildman–Crippen LogP) is 0.275. The summed E-state index contributed by atoms with van der Waals surface area (Å²) in [6.45, 7) is 4.92. The number of carboxylic acid groups (broad SMARTS) is 1. The number of nitrogens with one attached hydrogen (secondary N) is 3. The molecule has 0 aliphatic heterocycles. The summed E-state index contributed by atoms with van der Waals surface area (Å²) in [5.41, 5.74) is 6.46. The Morgan fingerprint density at radius 1 is 0.971 bits per heavy atom. The van der Waals surface area contributed by atoms with Gasteiger partial charge in [0.25, 0.3) is 0 Å². The summed E-state index contributed by atoms with van der Waals surface area (Å²) in [5, 5.41) is 27.0. The van der Waals surface area contributed by atoms with E-state index in [1.807, 2.05) is 19.2 Å². The van der Waals surface area contributed by atoms with Crippen molar-refractivity contribution in [2.45, 2.75) is 70.3 Å². The molecule has 0 aliphatic carbocycles. The number of aliphatic hydroxyl groups excluding tert-OH is 1. The highest BCUT2D eigenvalue weighted by Crippen LogP contribution is 2.11. The molecule has 6 atom stereocenters. The average Bonchev–Trinajstić information content (AvgIpc) is 2.83. The van der Waals surface area contributed by atoms with E-state index in [0.717, 1.165) is 5.56 Å². The van der Waals surface area contributed by atoms with Gasteiger partial charge in [-0.15, -0.1) is 0 Å². The highest BCUT2D eigenvalue weighted by atomic mass is 32.2. The first-order valence-electron chi connectivity index (χ1n) is 11.6. The van der Waals surface area contributed by atoms with E-state index in [-0.39, 0.29) is 18.8 Å². The van der Waals surface area contributed by atoms with Gasteiger partial charge in [-0.2, -0.15) is 11.8 Å². The fourth-order valence-corrected chi connectivity index (χ4v) is 3.73. The van der Waals surface area contributed by atoms with Gasteiger partial charge in [-0.1, -0.05) is 50.6 Å². The molecule has 0 saturated heterocycles. The Balaban J connectivity index is 3.13. The molecule has 1 aromatic rings. The number of amides is 3. The van der Waals surface area contributed by atoms with Crippen LogP contribution in [0.15, 0.2) is 30.3 Å². The molecular formula is C24H38N4O6S. The molecule has 10 nitrogen and oxygen atoms in total. The molecule has 0 bridgehead atoms. The Morgan fingerprint density at radius 2 is 1.54 bits per heavy atom. The summed E-state index contributed by atoms with van der Waals surface area (Å²) in [6, 6.07) is 4.61. The minimum Gasteiger partial charge on any atom is -0.480 e. The van der Waals surface area contributed by atoms with E-state index in [0.29, 0.717) is 12.2 Å². The molecule has 0 fully saturated rings. The number of aliphatic carboxylic acids is 1. The normalized spacial score (nSPS) is 16.2. The number of carbonyl (C=O) groups is 4. The number of carbonyl (C=O) groups excluding carboxylic acids is 3. The molecule has 1 aromatic carbocycles. The molecule has 0 saturated carbocycles. The Kier molecular flexibility index (Phi) is 13.4. The van der Waals surface area contributed by atoms with Gasteiger partial charge >= 0.3 is 5.97 Å². The summed E-state index contributed by atoms with van der Waals surface area (Å²) in [4.78, 5) is 50.4. The quantitative estimate of drug-likeness (QED) is 0.195. The third kappa shape index (κ3) is 10.3. The fourth-order valence-electron chi connectivity index (χ4n) is 3.26. The van der Waals surface area contributed by atoms with Crippen molar-refractivity contribution in [3.8, 4) is 0 Å². The van der Waals surface area contributed by atoms with Gasteiger partial charge in [-0.05, 0) is 36.8 Å². The van der Waals surface area contributed by atoms with Crippen LogP contribution in [0.5, 0.6) is 0 Å². The smallest absolute Gasteiger partial charge is 0.326 e. The summed E-state index contributed by atoms with van der Waals surface area (Å²) in [5.74, 6) is -2.85. The molecule has 7 N–H and O–H groups in total. The van der Waals surface area contributed by atoms with Crippen LogP contribution in [0.3, 0.4) is 0 Å². The lowest BCUT2D eigenvalue weighted by Crippen LogP contribution is -2.59. The van der Waals surface area contributed by atoms with Crippen molar-refractivity contribution in [1.82, 2.24) is 16.0 Å². The Bertz CT molecular complexity index is 839. The fraction of sp³-hybridized carbons (Fsp3) is 0.583. The number of rotatable bonds is 15. The zero-order chi connectivity index (χ0) is 26.5. The number of benzene rings is 1. The topological polar surface area (TPSA) is 171 Å². The van der Waals surface area contributed by atoms with E-state index in [1.165, 1.54) is 18.7 Å². The van der Waals surface area contributed by atoms with Crippen molar-refractivity contribution in [2.24, 2.45) is 11.7 Å². The molecular weight excluding hydrogens is 472 g/mol. The number of nitrogens with two attached hydrogens (primary N) is 1. The van der Waals surface area contributed by atoms with E-state index < -0.39 is 54.0 Å². The van der Waals surface area contributed by atoms with Crippen LogP contribution in [0.2, 0.25) is 0 Å². The SMILES string of the molecule is CCC(C)C(NC(=O)C(Cc1ccccc1)NC(=O)C(CCSC)NC(=O)C(N)C(C)O)C(=O)O. The molecule has 0 spiro atoms.